The molecule has 1 atom stereocenters. The van der Waals surface area contributed by atoms with Crippen molar-refractivity contribution in [1.29, 1.82) is 0 Å². The lowest BCUT2D eigenvalue weighted by atomic mass is 10.2. The molecule has 0 spiro atoms. The van der Waals surface area contributed by atoms with Crippen molar-refractivity contribution in [2.24, 2.45) is 0 Å². The molecular formula is C17H19ClFN5O2S. The van der Waals surface area contributed by atoms with Crippen molar-refractivity contribution in [1.82, 2.24) is 20.4 Å². The quantitative estimate of drug-likeness (QED) is 0.620. The van der Waals surface area contributed by atoms with Gasteiger partial charge in [-0.2, -0.15) is 4.98 Å². The first-order valence-corrected chi connectivity index (χ1v) is 8.92. The van der Waals surface area contributed by atoms with Gasteiger partial charge in [-0.1, -0.05) is 17.3 Å². The molecule has 144 valence electrons. The van der Waals surface area contributed by atoms with E-state index in [0.717, 1.165) is 0 Å². The van der Waals surface area contributed by atoms with Gasteiger partial charge >= 0.3 is 0 Å². The van der Waals surface area contributed by atoms with E-state index < -0.39 is 11.7 Å². The Morgan fingerprint density at radius 2 is 2.11 bits per heavy atom. The summed E-state index contributed by atoms with van der Waals surface area (Å²) >= 11 is 1.25. The van der Waals surface area contributed by atoms with E-state index in [2.05, 4.69) is 25.8 Å². The molecule has 1 aromatic carbocycles. The molecule has 2 heterocycles. The molecule has 1 unspecified atom stereocenters. The molecule has 1 amide bonds. The maximum absolute atomic E-state index is 13.6. The minimum Gasteiger partial charge on any atom is -0.339 e. The number of nitrogens with zero attached hydrogens (tertiary/aromatic N) is 3. The molecule has 0 bridgehead atoms. The summed E-state index contributed by atoms with van der Waals surface area (Å²) in [5, 5.41) is 11.8. The summed E-state index contributed by atoms with van der Waals surface area (Å²) < 4.78 is 18.9. The zero-order valence-corrected chi connectivity index (χ0v) is 16.4. The molecule has 3 aromatic rings. The Hall–Kier alpha value is -2.36. The third-order valence-corrected chi connectivity index (χ3v) is 4.52. The summed E-state index contributed by atoms with van der Waals surface area (Å²) in [5.74, 6) is -0.0214. The number of hydrogen-bond acceptors (Lipinski definition) is 7. The molecule has 10 heteroatoms. The Morgan fingerprint density at radius 3 is 2.85 bits per heavy atom. The average molecular weight is 412 g/mol. The van der Waals surface area contributed by atoms with Crippen LogP contribution >= 0.6 is 23.7 Å². The van der Waals surface area contributed by atoms with E-state index in [1.54, 1.807) is 11.4 Å². The highest BCUT2D eigenvalue weighted by molar-refractivity contribution is 7.14. The number of thiazole rings is 1. The number of carbonyl (C=O) groups excluding carboxylic acids is 1. The van der Waals surface area contributed by atoms with Crippen LogP contribution in [0.1, 0.15) is 34.7 Å². The zero-order chi connectivity index (χ0) is 18.5. The predicted octanol–water partition coefficient (Wildman–Crippen LogP) is 3.08. The number of amides is 1. The first kappa shape index (κ1) is 20.9. The molecule has 3 rings (SSSR count). The number of hydrogen-bond donors (Lipinski definition) is 2. The molecule has 2 N–H and O–H groups in total. The lowest BCUT2D eigenvalue weighted by Crippen LogP contribution is -2.24. The van der Waals surface area contributed by atoms with Crippen LogP contribution in [0.25, 0.3) is 0 Å². The van der Waals surface area contributed by atoms with Crippen molar-refractivity contribution in [2.75, 3.05) is 12.4 Å². The third kappa shape index (κ3) is 5.56. The van der Waals surface area contributed by atoms with Gasteiger partial charge in [-0.25, -0.2) is 9.37 Å². The summed E-state index contributed by atoms with van der Waals surface area (Å²) in [4.78, 5) is 20.7. The summed E-state index contributed by atoms with van der Waals surface area (Å²) in [6.45, 7) is 2.03. The van der Waals surface area contributed by atoms with Crippen molar-refractivity contribution in [3.63, 3.8) is 0 Å². The van der Waals surface area contributed by atoms with Crippen LogP contribution < -0.4 is 10.6 Å². The molecule has 0 radical (unpaired) electrons. The van der Waals surface area contributed by atoms with Crippen molar-refractivity contribution >= 4 is 34.8 Å². The van der Waals surface area contributed by atoms with E-state index in [-0.39, 0.29) is 24.0 Å². The van der Waals surface area contributed by atoms with Crippen molar-refractivity contribution in [3.8, 4) is 0 Å². The number of anilines is 1. The number of nitrogens with one attached hydrogen (secondary N) is 2. The van der Waals surface area contributed by atoms with Gasteiger partial charge in [0.15, 0.2) is 11.0 Å². The lowest BCUT2D eigenvalue weighted by molar-refractivity contribution is 0.102. The highest BCUT2D eigenvalue weighted by Gasteiger charge is 2.15. The second-order valence-corrected chi connectivity index (χ2v) is 6.61. The van der Waals surface area contributed by atoms with Crippen LogP contribution in [0.5, 0.6) is 0 Å². The van der Waals surface area contributed by atoms with Crippen LogP contribution in [-0.2, 0) is 12.8 Å². The van der Waals surface area contributed by atoms with Gasteiger partial charge in [0.25, 0.3) is 5.91 Å². The highest BCUT2D eigenvalue weighted by Crippen LogP contribution is 2.19. The zero-order valence-electron chi connectivity index (χ0n) is 14.7. The standard InChI is InChI=1S/C17H18FN5O2S.ClH/c1-10(19-2)7-14-21-15(25-23-14)8-11-9-26-17(20-11)22-16(24)12-5-3-4-6-13(12)18;/h3-6,9-10,19H,7-8H2,1-2H3,(H,20,22,24);1H. The van der Waals surface area contributed by atoms with Crippen LogP contribution in [0.4, 0.5) is 9.52 Å². The SMILES string of the molecule is CNC(C)Cc1noc(Cc2csc(NC(=O)c3ccccc3F)n2)n1.Cl. The van der Waals surface area contributed by atoms with E-state index in [4.69, 9.17) is 4.52 Å². The minimum atomic E-state index is -0.573. The van der Waals surface area contributed by atoms with Gasteiger partial charge in [0.1, 0.15) is 5.82 Å². The van der Waals surface area contributed by atoms with Gasteiger partial charge in [0.2, 0.25) is 5.89 Å². The maximum Gasteiger partial charge on any atom is 0.260 e. The first-order valence-electron chi connectivity index (χ1n) is 8.04. The minimum absolute atomic E-state index is 0. The van der Waals surface area contributed by atoms with Crippen LogP contribution in [0.3, 0.4) is 0 Å². The van der Waals surface area contributed by atoms with E-state index >= 15 is 0 Å². The second kappa shape index (κ2) is 9.54. The Bertz CT molecular complexity index is 901. The van der Waals surface area contributed by atoms with E-state index in [1.807, 2.05) is 14.0 Å². The molecule has 2 aromatic heterocycles. The molecular weight excluding hydrogens is 393 g/mol. The topological polar surface area (TPSA) is 92.9 Å². The lowest BCUT2D eigenvalue weighted by Gasteiger charge is -2.04. The van der Waals surface area contributed by atoms with Gasteiger partial charge < -0.3 is 9.84 Å². The van der Waals surface area contributed by atoms with E-state index in [0.29, 0.717) is 35.4 Å². The smallest absolute Gasteiger partial charge is 0.260 e. The Labute approximate surface area is 165 Å². The Kier molecular flexibility index (Phi) is 7.40. The molecule has 7 nitrogen and oxygen atoms in total. The fraction of sp³-hybridized carbons (Fsp3) is 0.294. The van der Waals surface area contributed by atoms with Crippen molar-refractivity contribution in [2.45, 2.75) is 25.8 Å². The number of aromatic nitrogens is 3. The van der Waals surface area contributed by atoms with Gasteiger partial charge in [-0.15, -0.1) is 23.7 Å². The number of halogens is 2. The monoisotopic (exact) mass is 411 g/mol. The molecule has 0 fully saturated rings. The van der Waals surface area contributed by atoms with Gasteiger partial charge in [0, 0.05) is 17.8 Å². The normalized spacial score (nSPS) is 11.7. The fourth-order valence-corrected chi connectivity index (χ4v) is 2.94. The van der Waals surface area contributed by atoms with Crippen LogP contribution in [0, 0.1) is 5.82 Å². The summed E-state index contributed by atoms with van der Waals surface area (Å²) in [7, 11) is 1.87. The number of carbonyl (C=O) groups is 1. The fourth-order valence-electron chi connectivity index (χ4n) is 2.23. The van der Waals surface area contributed by atoms with Crippen molar-refractivity contribution in [3.05, 3.63) is 58.4 Å². The Morgan fingerprint density at radius 1 is 1.33 bits per heavy atom. The number of benzene rings is 1. The van der Waals surface area contributed by atoms with Crippen LogP contribution in [0.15, 0.2) is 34.2 Å². The van der Waals surface area contributed by atoms with Gasteiger partial charge in [-0.05, 0) is 26.1 Å². The van der Waals surface area contributed by atoms with Crippen LogP contribution in [0.2, 0.25) is 0 Å². The summed E-state index contributed by atoms with van der Waals surface area (Å²) in [6.07, 6.45) is 1.04. The predicted molar refractivity (Wildman–Crippen MR) is 103 cm³/mol. The molecule has 0 aliphatic heterocycles. The van der Waals surface area contributed by atoms with E-state index in [9.17, 15) is 9.18 Å². The molecule has 0 saturated carbocycles. The molecule has 0 saturated heterocycles. The maximum atomic E-state index is 13.6. The Balaban J connectivity index is 0.00000261. The van der Waals surface area contributed by atoms with E-state index in [1.165, 1.54) is 29.5 Å². The summed E-state index contributed by atoms with van der Waals surface area (Å²) in [6, 6.07) is 6.05. The number of likely N-dealkylation sites (N-methyl/N-ethyl adjacent to an activating group) is 1. The summed E-state index contributed by atoms with van der Waals surface area (Å²) in [5.41, 5.74) is 0.667. The second-order valence-electron chi connectivity index (χ2n) is 5.75. The van der Waals surface area contributed by atoms with Gasteiger partial charge in [0.05, 0.1) is 17.7 Å². The highest BCUT2D eigenvalue weighted by atomic mass is 35.5. The molecule has 27 heavy (non-hydrogen) atoms. The molecule has 0 aliphatic carbocycles. The first-order chi connectivity index (χ1) is 12.5. The number of rotatable bonds is 7. The van der Waals surface area contributed by atoms with Crippen molar-refractivity contribution < 1.29 is 13.7 Å². The van der Waals surface area contributed by atoms with Crippen LogP contribution in [-0.4, -0.2) is 34.1 Å². The molecule has 0 aliphatic rings. The van der Waals surface area contributed by atoms with Gasteiger partial charge in [-0.3, -0.25) is 10.1 Å². The third-order valence-electron chi connectivity index (χ3n) is 3.71. The largest absolute Gasteiger partial charge is 0.339 e. The average Bonchev–Trinajstić information content (AvgIpc) is 3.25.